The Morgan fingerprint density at radius 2 is 2.07 bits per heavy atom. The topological polar surface area (TPSA) is 53.8 Å². The molecule has 1 aromatic carbocycles. The molecule has 1 aromatic heterocycles. The van der Waals surface area contributed by atoms with E-state index in [1.54, 1.807) is 35.0 Å². The second-order valence-corrected chi connectivity index (χ2v) is 7.74. The number of likely N-dealkylation sites (tertiary alicyclic amines) is 1. The Labute approximate surface area is 168 Å². The van der Waals surface area contributed by atoms with Crippen molar-refractivity contribution in [3.63, 3.8) is 0 Å². The van der Waals surface area contributed by atoms with Gasteiger partial charge in [-0.25, -0.2) is 0 Å². The van der Waals surface area contributed by atoms with E-state index in [4.69, 9.17) is 27.6 Å². The highest BCUT2D eigenvalue weighted by molar-refractivity contribution is 6.35. The van der Waals surface area contributed by atoms with E-state index in [-0.39, 0.29) is 23.8 Å². The lowest BCUT2D eigenvalue weighted by molar-refractivity contribution is -0.137. The number of piperidine rings is 1. The molecule has 2 aromatic rings. The van der Waals surface area contributed by atoms with Crippen LogP contribution in [0.4, 0.5) is 0 Å². The van der Waals surface area contributed by atoms with Gasteiger partial charge in [0.25, 0.3) is 5.91 Å². The zero-order valence-corrected chi connectivity index (χ0v) is 16.8. The third-order valence-corrected chi connectivity index (χ3v) is 5.73. The summed E-state index contributed by atoms with van der Waals surface area (Å²) in [6, 6.07) is 6.74. The smallest absolute Gasteiger partial charge is 0.257 e. The van der Waals surface area contributed by atoms with Gasteiger partial charge < -0.3 is 14.2 Å². The molecule has 144 valence electrons. The molecule has 0 saturated carbocycles. The van der Waals surface area contributed by atoms with Gasteiger partial charge in [0.05, 0.1) is 23.8 Å². The molecular formula is C20H22Cl2N2O3. The molecule has 2 heterocycles. The second kappa shape index (κ2) is 8.36. The largest absolute Gasteiger partial charge is 0.472 e. The first kappa shape index (κ1) is 19.8. The number of halogens is 2. The van der Waals surface area contributed by atoms with Crippen molar-refractivity contribution in [2.24, 2.45) is 5.92 Å². The molecule has 0 bridgehead atoms. The molecule has 0 radical (unpaired) electrons. The van der Waals surface area contributed by atoms with Gasteiger partial charge in [0.15, 0.2) is 0 Å². The van der Waals surface area contributed by atoms with E-state index in [9.17, 15) is 9.59 Å². The Morgan fingerprint density at radius 3 is 2.74 bits per heavy atom. The van der Waals surface area contributed by atoms with Gasteiger partial charge in [-0.05, 0) is 43.5 Å². The Hall–Kier alpha value is -1.98. The minimum atomic E-state index is -0.229. The molecule has 1 fully saturated rings. The molecule has 0 unspecified atom stereocenters. The Morgan fingerprint density at radius 1 is 1.30 bits per heavy atom. The first-order chi connectivity index (χ1) is 12.9. The highest BCUT2D eigenvalue weighted by Crippen LogP contribution is 2.31. The molecule has 1 aliphatic heterocycles. The predicted molar refractivity (Wildman–Crippen MR) is 105 cm³/mol. The molecule has 2 atom stereocenters. The quantitative estimate of drug-likeness (QED) is 0.738. The fourth-order valence-corrected chi connectivity index (χ4v) is 4.03. The van der Waals surface area contributed by atoms with Crippen molar-refractivity contribution < 1.29 is 14.0 Å². The van der Waals surface area contributed by atoms with Crippen molar-refractivity contribution in [3.05, 3.63) is 58.0 Å². The molecule has 1 aliphatic rings. The van der Waals surface area contributed by atoms with Crippen LogP contribution < -0.4 is 0 Å². The number of benzene rings is 1. The van der Waals surface area contributed by atoms with Crippen LogP contribution in [-0.4, -0.2) is 41.8 Å². The summed E-state index contributed by atoms with van der Waals surface area (Å²) in [6.45, 7) is 2.99. The maximum absolute atomic E-state index is 13.0. The number of nitrogens with zero attached hydrogens (tertiary/aromatic N) is 2. The monoisotopic (exact) mass is 408 g/mol. The van der Waals surface area contributed by atoms with Gasteiger partial charge in [-0.15, -0.1) is 0 Å². The van der Waals surface area contributed by atoms with Crippen molar-refractivity contribution in [2.45, 2.75) is 25.8 Å². The predicted octanol–water partition coefficient (Wildman–Crippen LogP) is 4.66. The van der Waals surface area contributed by atoms with Crippen molar-refractivity contribution >= 4 is 35.0 Å². The molecular weight excluding hydrogens is 387 g/mol. The van der Waals surface area contributed by atoms with Crippen LogP contribution in [0.1, 0.15) is 41.7 Å². The lowest BCUT2D eigenvalue weighted by Crippen LogP contribution is -2.46. The van der Waals surface area contributed by atoms with E-state index in [0.29, 0.717) is 28.7 Å². The summed E-state index contributed by atoms with van der Waals surface area (Å²) in [4.78, 5) is 29.0. The van der Waals surface area contributed by atoms with Crippen molar-refractivity contribution in [1.82, 2.24) is 9.80 Å². The minimum Gasteiger partial charge on any atom is -0.472 e. The van der Waals surface area contributed by atoms with Gasteiger partial charge in [-0.2, -0.15) is 0 Å². The number of furan rings is 1. The number of carbonyl (C=O) groups excluding carboxylic acids is 2. The fraction of sp³-hybridized carbons (Fsp3) is 0.400. The Balaban J connectivity index is 1.69. The first-order valence-electron chi connectivity index (χ1n) is 8.91. The van der Waals surface area contributed by atoms with Gasteiger partial charge in [0, 0.05) is 30.2 Å². The van der Waals surface area contributed by atoms with Gasteiger partial charge in [0.2, 0.25) is 5.91 Å². The van der Waals surface area contributed by atoms with E-state index >= 15 is 0 Å². The van der Waals surface area contributed by atoms with Crippen LogP contribution in [0.25, 0.3) is 0 Å². The maximum Gasteiger partial charge on any atom is 0.257 e. The van der Waals surface area contributed by atoms with Gasteiger partial charge >= 0.3 is 0 Å². The van der Waals surface area contributed by atoms with E-state index in [1.165, 1.54) is 12.5 Å². The first-order valence-corrected chi connectivity index (χ1v) is 9.67. The molecule has 7 heteroatoms. The van der Waals surface area contributed by atoms with E-state index in [2.05, 4.69) is 0 Å². The molecule has 0 N–H and O–H groups in total. The van der Waals surface area contributed by atoms with Crippen LogP contribution in [0.5, 0.6) is 0 Å². The average Bonchev–Trinajstić information content (AvgIpc) is 3.20. The molecule has 5 nitrogen and oxygen atoms in total. The summed E-state index contributed by atoms with van der Waals surface area (Å²) in [5, 5.41) is 1.10. The molecule has 2 amide bonds. The lowest BCUT2D eigenvalue weighted by atomic mass is 9.95. The highest BCUT2D eigenvalue weighted by atomic mass is 35.5. The summed E-state index contributed by atoms with van der Waals surface area (Å²) in [5.41, 5.74) is 1.36. The number of hydrogen-bond acceptors (Lipinski definition) is 3. The van der Waals surface area contributed by atoms with Crippen LogP contribution >= 0.6 is 23.2 Å². The van der Waals surface area contributed by atoms with E-state index < -0.39 is 0 Å². The van der Waals surface area contributed by atoms with Crippen LogP contribution in [-0.2, 0) is 4.79 Å². The Bertz CT molecular complexity index is 823. The number of hydrogen-bond donors (Lipinski definition) is 0. The van der Waals surface area contributed by atoms with Gasteiger partial charge in [-0.3, -0.25) is 9.59 Å². The maximum atomic E-state index is 13.0. The SMILES string of the molecule is C[C@@H](c1ccc(Cl)cc1Cl)N(C)C(=O)[C@@H]1CCCN(C(=O)c2ccoc2)C1. The average molecular weight is 409 g/mol. The van der Waals surface area contributed by atoms with E-state index in [1.807, 2.05) is 13.0 Å². The number of amides is 2. The molecule has 3 rings (SSSR count). The summed E-state index contributed by atoms with van der Waals surface area (Å²) in [5.74, 6) is -0.316. The zero-order valence-electron chi connectivity index (χ0n) is 15.3. The van der Waals surface area contributed by atoms with Gasteiger partial charge in [-0.1, -0.05) is 29.3 Å². The van der Waals surface area contributed by atoms with Crippen molar-refractivity contribution in [1.29, 1.82) is 0 Å². The number of carbonyl (C=O) groups is 2. The van der Waals surface area contributed by atoms with Crippen molar-refractivity contribution in [3.8, 4) is 0 Å². The molecule has 27 heavy (non-hydrogen) atoms. The summed E-state index contributed by atoms with van der Waals surface area (Å²) in [7, 11) is 1.77. The Kier molecular flexibility index (Phi) is 6.12. The highest BCUT2D eigenvalue weighted by Gasteiger charge is 2.32. The standard InChI is InChI=1S/C20H22Cl2N2O3/c1-13(17-6-5-16(21)10-18(17)22)23(2)19(25)14-4-3-8-24(11-14)20(26)15-7-9-27-12-15/h5-7,9-10,12-14H,3-4,8,11H2,1-2H3/t13-,14+/m0/s1. The zero-order chi connectivity index (χ0) is 19.6. The molecule has 0 aliphatic carbocycles. The fourth-order valence-electron chi connectivity index (χ4n) is 3.46. The van der Waals surface area contributed by atoms with Crippen LogP contribution in [0.3, 0.4) is 0 Å². The third kappa shape index (κ3) is 4.30. The van der Waals surface area contributed by atoms with Crippen LogP contribution in [0.2, 0.25) is 10.0 Å². The van der Waals surface area contributed by atoms with Crippen molar-refractivity contribution in [2.75, 3.05) is 20.1 Å². The third-order valence-electron chi connectivity index (χ3n) is 5.17. The minimum absolute atomic E-state index is 0.0122. The molecule has 0 spiro atoms. The van der Waals surface area contributed by atoms with Crippen LogP contribution in [0, 0.1) is 5.92 Å². The normalized spacial score (nSPS) is 18.2. The lowest BCUT2D eigenvalue weighted by Gasteiger charge is -2.35. The summed E-state index contributed by atoms with van der Waals surface area (Å²) < 4.78 is 4.99. The van der Waals surface area contributed by atoms with Crippen LogP contribution in [0.15, 0.2) is 41.2 Å². The summed E-state index contributed by atoms with van der Waals surface area (Å²) >= 11 is 12.3. The number of rotatable bonds is 4. The summed E-state index contributed by atoms with van der Waals surface area (Å²) in [6.07, 6.45) is 4.47. The molecule has 1 saturated heterocycles. The second-order valence-electron chi connectivity index (χ2n) is 6.89. The van der Waals surface area contributed by atoms with Gasteiger partial charge in [0.1, 0.15) is 6.26 Å². The van der Waals surface area contributed by atoms with E-state index in [0.717, 1.165) is 18.4 Å².